The van der Waals surface area contributed by atoms with Crippen LogP contribution in [0.15, 0.2) is 199 Å². The van der Waals surface area contributed by atoms with Crippen LogP contribution >= 0.6 is 0 Å². The third-order valence-corrected chi connectivity index (χ3v) is 13.5. The molecule has 0 fully saturated rings. The zero-order valence-corrected chi connectivity index (χ0v) is 37.0. The molecular weight excluding hydrogens is 823 g/mol. The van der Waals surface area contributed by atoms with Gasteiger partial charge in [-0.05, 0) is 119 Å². The number of hydrogen-bond donors (Lipinski definition) is 2. The van der Waals surface area contributed by atoms with Crippen molar-refractivity contribution in [3.63, 3.8) is 0 Å². The van der Waals surface area contributed by atoms with E-state index in [-0.39, 0.29) is 29.8 Å². The van der Waals surface area contributed by atoms with Gasteiger partial charge in [-0.2, -0.15) is 0 Å². The van der Waals surface area contributed by atoms with Crippen molar-refractivity contribution < 1.29 is 0 Å². The number of aliphatic imine (C=N–C) groups is 1. The van der Waals surface area contributed by atoms with Gasteiger partial charge in [-0.1, -0.05) is 109 Å². The second kappa shape index (κ2) is 17.3. The predicted molar refractivity (Wildman–Crippen MR) is 269 cm³/mol. The second-order valence-corrected chi connectivity index (χ2v) is 17.8. The molecule has 7 aliphatic rings. The number of fused-ring (bicyclic) bond motifs is 4. The number of rotatable bonds is 8. The van der Waals surface area contributed by atoms with Crippen molar-refractivity contribution in [3.05, 3.63) is 227 Å². The lowest BCUT2D eigenvalue weighted by Gasteiger charge is -2.33. The lowest BCUT2D eigenvalue weighted by Crippen LogP contribution is -2.34. The lowest BCUT2D eigenvalue weighted by molar-refractivity contribution is 0.618. The van der Waals surface area contributed by atoms with Crippen LogP contribution in [0.1, 0.15) is 54.5 Å². The Morgan fingerprint density at radius 1 is 0.672 bits per heavy atom. The van der Waals surface area contributed by atoms with Gasteiger partial charge in [0, 0.05) is 77.5 Å². The van der Waals surface area contributed by atoms with Crippen molar-refractivity contribution >= 4 is 28.6 Å². The molecule has 0 bridgehead atoms. The Labute approximate surface area is 389 Å². The first-order valence-electron chi connectivity index (χ1n) is 23.2. The van der Waals surface area contributed by atoms with Crippen LogP contribution in [0.4, 0.5) is 0 Å². The molecule has 9 nitrogen and oxygen atoms in total. The Kier molecular flexibility index (Phi) is 10.4. The predicted octanol–water partition coefficient (Wildman–Crippen LogP) is 9.59. The number of aromatic nitrogens is 6. The minimum atomic E-state index is 0.0279. The molecule has 0 spiro atoms. The van der Waals surface area contributed by atoms with E-state index in [1.54, 1.807) is 0 Å². The Balaban J connectivity index is 1.01. The number of dihydropyridines is 2. The SMILES string of the molecule is CC1C=CC=C(c2ccc(-c3nc(-c4cc(C5=NC=CC(C6=c7cccnc7=CCC6)C5)cc(C5=C6C=CC=CC6C6C=CC=CC6=C5)c4)nc(-c4ccc(C5C=CC=CN5)cn4)n3)nc2)N1. The molecule has 2 N–H and O–H groups in total. The van der Waals surface area contributed by atoms with Crippen LogP contribution in [0.3, 0.4) is 0 Å². The largest absolute Gasteiger partial charge is 0.381 e. The van der Waals surface area contributed by atoms with Gasteiger partial charge in [-0.15, -0.1) is 0 Å². The molecule has 5 aromatic rings. The van der Waals surface area contributed by atoms with Gasteiger partial charge in [-0.3, -0.25) is 19.9 Å². The molecular formula is C58H47N9. The molecule has 5 atom stereocenters. The maximum Gasteiger partial charge on any atom is 0.182 e. The first-order chi connectivity index (χ1) is 33.1. The summed E-state index contributed by atoms with van der Waals surface area (Å²) in [4.78, 5) is 35.3. The number of nitrogens with one attached hydrogen (secondary N) is 2. The van der Waals surface area contributed by atoms with E-state index in [0.717, 1.165) is 63.8 Å². The molecule has 3 aliphatic heterocycles. The Hall–Kier alpha value is -8.17. The van der Waals surface area contributed by atoms with E-state index in [4.69, 9.17) is 34.9 Å². The summed E-state index contributed by atoms with van der Waals surface area (Å²) in [5, 5.41) is 9.24. The zero-order chi connectivity index (χ0) is 44.7. The van der Waals surface area contributed by atoms with Crippen LogP contribution < -0.4 is 21.2 Å². The highest BCUT2D eigenvalue weighted by molar-refractivity contribution is 6.04. The minimum absolute atomic E-state index is 0.0279. The van der Waals surface area contributed by atoms with Crippen molar-refractivity contribution in [2.45, 2.75) is 38.3 Å². The van der Waals surface area contributed by atoms with Crippen molar-refractivity contribution in [3.8, 4) is 34.4 Å². The monoisotopic (exact) mass is 869 g/mol. The number of hydrogen-bond acceptors (Lipinski definition) is 9. The number of nitrogens with zero attached hydrogens (tertiary/aromatic N) is 7. The van der Waals surface area contributed by atoms with Crippen LogP contribution in [0, 0.1) is 17.8 Å². The summed E-state index contributed by atoms with van der Waals surface area (Å²) in [7, 11) is 0. The number of pyridine rings is 3. The van der Waals surface area contributed by atoms with Gasteiger partial charge in [0.05, 0.1) is 11.4 Å². The van der Waals surface area contributed by atoms with Crippen molar-refractivity contribution in [2.24, 2.45) is 22.7 Å². The average Bonchev–Trinajstić information content (AvgIpc) is 3.40. The fourth-order valence-electron chi connectivity index (χ4n) is 10.1. The van der Waals surface area contributed by atoms with Gasteiger partial charge in [0.2, 0.25) is 0 Å². The van der Waals surface area contributed by atoms with Gasteiger partial charge in [0.15, 0.2) is 17.5 Å². The molecule has 9 heteroatoms. The van der Waals surface area contributed by atoms with Crippen LogP contribution in [-0.4, -0.2) is 41.7 Å². The molecule has 0 saturated carbocycles. The average molecular weight is 870 g/mol. The summed E-state index contributed by atoms with van der Waals surface area (Å²) in [5.41, 5.74) is 13.5. The summed E-state index contributed by atoms with van der Waals surface area (Å²) in [6.07, 6.45) is 49.5. The third kappa shape index (κ3) is 7.92. The maximum absolute atomic E-state index is 5.25. The van der Waals surface area contributed by atoms with Crippen LogP contribution in [0.25, 0.3) is 57.3 Å². The smallest absolute Gasteiger partial charge is 0.182 e. The molecule has 0 saturated heterocycles. The molecule has 1 aromatic carbocycles. The van der Waals surface area contributed by atoms with E-state index < -0.39 is 0 Å². The molecule has 0 radical (unpaired) electrons. The van der Waals surface area contributed by atoms with E-state index in [0.29, 0.717) is 28.9 Å². The van der Waals surface area contributed by atoms with Gasteiger partial charge in [0.1, 0.15) is 11.4 Å². The summed E-state index contributed by atoms with van der Waals surface area (Å²) in [5.74, 6) is 2.14. The van der Waals surface area contributed by atoms with Gasteiger partial charge >= 0.3 is 0 Å². The topological polar surface area (TPSA) is 114 Å². The van der Waals surface area contributed by atoms with Gasteiger partial charge in [-0.25, -0.2) is 15.0 Å². The zero-order valence-electron chi connectivity index (χ0n) is 37.0. The maximum atomic E-state index is 5.25. The first kappa shape index (κ1) is 40.3. The Bertz CT molecular complexity index is 3350. The molecule has 324 valence electrons. The summed E-state index contributed by atoms with van der Waals surface area (Å²) >= 11 is 0. The van der Waals surface area contributed by atoms with Crippen LogP contribution in [0.2, 0.25) is 0 Å². The first-order valence-corrected chi connectivity index (χ1v) is 23.2. The van der Waals surface area contributed by atoms with Crippen molar-refractivity contribution in [1.29, 1.82) is 0 Å². The highest BCUT2D eigenvalue weighted by Crippen LogP contribution is 2.45. The lowest BCUT2D eigenvalue weighted by atomic mass is 9.70. The van der Waals surface area contributed by atoms with Crippen molar-refractivity contribution in [2.75, 3.05) is 0 Å². The number of benzene rings is 1. The van der Waals surface area contributed by atoms with E-state index in [9.17, 15) is 0 Å². The fourth-order valence-corrected chi connectivity index (χ4v) is 10.1. The van der Waals surface area contributed by atoms with Gasteiger partial charge in [0.25, 0.3) is 0 Å². The standard InChI is InChI=1S/C58H47N9/c1-36-11-8-19-51(64-36)40-22-24-54(63-35-40)58-66-56(65-57(67-58)53-23-21-39(34-62-53)50-18-6-7-26-59-50)43-30-41(49-32-37-12-2-3-13-44(37)46-14-4-5-15-47(46)49)29-42(31-43)55-33-38(25-28-61-55)45-16-9-20-52-48(45)17-10-27-60-52/h2-8,10-15,17-32,34-36,38,44,46,50,59,64H,9,16,33H2,1H3. The highest BCUT2D eigenvalue weighted by atomic mass is 15.1. The minimum Gasteiger partial charge on any atom is -0.381 e. The molecule has 4 aromatic heterocycles. The summed E-state index contributed by atoms with van der Waals surface area (Å²) in [6, 6.07) is 19.4. The quantitative estimate of drug-likeness (QED) is 0.159. The second-order valence-electron chi connectivity index (χ2n) is 17.8. The van der Waals surface area contributed by atoms with E-state index in [1.807, 2.05) is 61.3 Å². The summed E-state index contributed by atoms with van der Waals surface area (Å²) in [6.45, 7) is 2.13. The number of allylic oxidation sites excluding steroid dienone is 17. The summed E-state index contributed by atoms with van der Waals surface area (Å²) < 4.78 is 0. The van der Waals surface area contributed by atoms with E-state index in [1.165, 1.54) is 27.5 Å². The third-order valence-electron chi connectivity index (χ3n) is 13.5. The van der Waals surface area contributed by atoms with Gasteiger partial charge < -0.3 is 10.6 Å². The Morgan fingerprint density at radius 2 is 1.48 bits per heavy atom. The molecule has 12 rings (SSSR count). The molecule has 0 amide bonds. The molecule has 4 aliphatic carbocycles. The molecule has 7 heterocycles. The van der Waals surface area contributed by atoms with E-state index >= 15 is 0 Å². The molecule has 5 unspecified atom stereocenters. The van der Waals surface area contributed by atoms with E-state index in [2.05, 4.69) is 145 Å². The van der Waals surface area contributed by atoms with Crippen LogP contribution in [-0.2, 0) is 0 Å². The highest BCUT2D eigenvalue weighted by Gasteiger charge is 2.31. The van der Waals surface area contributed by atoms with Crippen molar-refractivity contribution in [1.82, 2.24) is 40.5 Å². The van der Waals surface area contributed by atoms with Crippen LogP contribution in [0.5, 0.6) is 0 Å². The normalized spacial score (nSPS) is 23.0. The fraction of sp³-hybridized carbons (Fsp3) is 0.155. The Morgan fingerprint density at radius 3 is 2.30 bits per heavy atom. The molecule has 67 heavy (non-hydrogen) atoms.